The monoisotopic (exact) mass is 374 g/mol. The number of carbonyl (C=O) groups excluding carboxylic acids is 3. The Balaban J connectivity index is 1.83. The van der Waals surface area contributed by atoms with E-state index in [9.17, 15) is 14.4 Å². The van der Waals surface area contributed by atoms with Gasteiger partial charge in [-0.25, -0.2) is 0 Å². The topological polar surface area (TPSA) is 118 Å². The lowest BCUT2D eigenvalue weighted by Gasteiger charge is -2.16. The van der Waals surface area contributed by atoms with Crippen molar-refractivity contribution in [2.45, 2.75) is 20.8 Å². The standard InChI is InChI=1S/C18H23N5O4/c1-4-23(11-18(26)21-16-9-12(2)27-22-16)10-17(25)20-15-7-5-14(6-8-15)19-13(3)24/h5-9H,4,10-11H2,1-3H3,(H,19,24)(H,20,25)(H,21,22,26)/p+1. The molecule has 2 aromatic rings. The van der Waals surface area contributed by atoms with Crippen LogP contribution in [0.25, 0.3) is 0 Å². The number of nitrogens with one attached hydrogen (secondary N) is 4. The Morgan fingerprint density at radius 2 is 1.56 bits per heavy atom. The first kappa shape index (κ1) is 20.1. The van der Waals surface area contributed by atoms with Crippen molar-refractivity contribution >= 4 is 34.9 Å². The highest BCUT2D eigenvalue weighted by atomic mass is 16.5. The number of aryl methyl sites for hydroxylation is 1. The number of aromatic nitrogens is 1. The Labute approximate surface area is 157 Å². The van der Waals surface area contributed by atoms with Crippen LogP contribution in [0.1, 0.15) is 19.6 Å². The van der Waals surface area contributed by atoms with E-state index in [4.69, 9.17) is 4.52 Å². The fourth-order valence-electron chi connectivity index (χ4n) is 2.42. The van der Waals surface area contributed by atoms with Crippen LogP contribution in [0.5, 0.6) is 0 Å². The number of hydrogen-bond acceptors (Lipinski definition) is 5. The number of carbonyl (C=O) groups is 3. The molecule has 9 heteroatoms. The van der Waals surface area contributed by atoms with E-state index >= 15 is 0 Å². The van der Waals surface area contributed by atoms with Gasteiger partial charge < -0.3 is 25.4 Å². The third-order valence-electron chi connectivity index (χ3n) is 3.71. The Bertz CT molecular complexity index is 800. The summed E-state index contributed by atoms with van der Waals surface area (Å²) in [5.74, 6) is 0.357. The fourth-order valence-corrected chi connectivity index (χ4v) is 2.42. The van der Waals surface area contributed by atoms with Crippen LogP contribution in [0, 0.1) is 6.92 Å². The van der Waals surface area contributed by atoms with Gasteiger partial charge in [0.1, 0.15) is 5.76 Å². The minimum Gasteiger partial charge on any atom is -0.360 e. The molecule has 1 aromatic carbocycles. The predicted molar refractivity (Wildman–Crippen MR) is 100 cm³/mol. The van der Waals surface area contributed by atoms with Gasteiger partial charge in [0.2, 0.25) is 5.91 Å². The number of amides is 3. The van der Waals surface area contributed by atoms with E-state index in [1.165, 1.54) is 6.92 Å². The number of nitrogens with zero attached hydrogens (tertiary/aromatic N) is 1. The summed E-state index contributed by atoms with van der Waals surface area (Å²) in [5, 5.41) is 11.8. The number of hydrogen-bond donors (Lipinski definition) is 4. The maximum Gasteiger partial charge on any atom is 0.280 e. The van der Waals surface area contributed by atoms with Gasteiger partial charge in [-0.2, -0.15) is 0 Å². The second-order valence-electron chi connectivity index (χ2n) is 6.13. The van der Waals surface area contributed by atoms with Gasteiger partial charge in [-0.05, 0) is 38.1 Å². The summed E-state index contributed by atoms with van der Waals surface area (Å²) in [7, 11) is 0. The lowest BCUT2D eigenvalue weighted by atomic mass is 10.2. The smallest absolute Gasteiger partial charge is 0.280 e. The van der Waals surface area contributed by atoms with Crippen LogP contribution >= 0.6 is 0 Å². The quantitative estimate of drug-likeness (QED) is 0.534. The molecule has 0 fully saturated rings. The first-order valence-corrected chi connectivity index (χ1v) is 8.60. The SMILES string of the molecule is CC[NH+](CC(=O)Nc1ccc(NC(C)=O)cc1)CC(=O)Nc1cc(C)on1. The maximum absolute atomic E-state index is 12.2. The summed E-state index contributed by atoms with van der Waals surface area (Å²) >= 11 is 0. The van der Waals surface area contributed by atoms with Crippen molar-refractivity contribution in [3.8, 4) is 0 Å². The summed E-state index contributed by atoms with van der Waals surface area (Å²) < 4.78 is 4.90. The first-order valence-electron chi connectivity index (χ1n) is 8.60. The molecular weight excluding hydrogens is 350 g/mol. The highest BCUT2D eigenvalue weighted by Crippen LogP contribution is 2.13. The largest absolute Gasteiger partial charge is 0.360 e. The number of rotatable bonds is 8. The molecule has 144 valence electrons. The zero-order valence-electron chi connectivity index (χ0n) is 15.6. The molecule has 0 spiro atoms. The van der Waals surface area contributed by atoms with Crippen LogP contribution in [0.2, 0.25) is 0 Å². The lowest BCUT2D eigenvalue weighted by Crippen LogP contribution is -3.13. The van der Waals surface area contributed by atoms with Crippen molar-refractivity contribution in [2.75, 3.05) is 35.6 Å². The van der Waals surface area contributed by atoms with Gasteiger partial charge in [0.05, 0.1) is 6.54 Å². The second-order valence-corrected chi connectivity index (χ2v) is 6.13. The molecule has 0 saturated heterocycles. The molecule has 0 aliphatic rings. The maximum atomic E-state index is 12.2. The second kappa shape index (κ2) is 9.48. The molecule has 0 bridgehead atoms. The Hall–Kier alpha value is -3.20. The average Bonchev–Trinajstić information content (AvgIpc) is 3.00. The highest BCUT2D eigenvalue weighted by molar-refractivity contribution is 5.93. The van der Waals surface area contributed by atoms with Crippen LogP contribution < -0.4 is 20.9 Å². The molecule has 1 aromatic heterocycles. The Morgan fingerprint density at radius 3 is 2.04 bits per heavy atom. The van der Waals surface area contributed by atoms with Crippen molar-refractivity contribution < 1.29 is 23.8 Å². The summed E-state index contributed by atoms with van der Waals surface area (Å²) in [6, 6.07) is 8.44. The van der Waals surface area contributed by atoms with Crippen LogP contribution in [0.4, 0.5) is 17.2 Å². The van der Waals surface area contributed by atoms with E-state index in [0.29, 0.717) is 29.5 Å². The van der Waals surface area contributed by atoms with Crippen LogP contribution in [-0.2, 0) is 14.4 Å². The zero-order chi connectivity index (χ0) is 19.8. The van der Waals surface area contributed by atoms with E-state index in [1.807, 2.05) is 6.92 Å². The summed E-state index contributed by atoms with van der Waals surface area (Å²) in [6.07, 6.45) is 0. The summed E-state index contributed by atoms with van der Waals surface area (Å²) in [5.41, 5.74) is 1.27. The molecule has 1 heterocycles. The molecule has 0 radical (unpaired) electrons. The van der Waals surface area contributed by atoms with E-state index in [0.717, 1.165) is 4.90 Å². The zero-order valence-corrected chi connectivity index (χ0v) is 15.6. The van der Waals surface area contributed by atoms with Crippen molar-refractivity contribution in [3.63, 3.8) is 0 Å². The molecule has 1 unspecified atom stereocenters. The van der Waals surface area contributed by atoms with Crippen LogP contribution in [0.15, 0.2) is 34.9 Å². The molecule has 4 N–H and O–H groups in total. The number of quaternary nitrogens is 1. The van der Waals surface area contributed by atoms with E-state index in [-0.39, 0.29) is 30.8 Å². The van der Waals surface area contributed by atoms with Crippen LogP contribution in [0.3, 0.4) is 0 Å². The molecule has 0 saturated carbocycles. The minimum absolute atomic E-state index is 0.136. The Morgan fingerprint density at radius 1 is 1.00 bits per heavy atom. The molecule has 0 aliphatic carbocycles. The third kappa shape index (κ3) is 6.90. The number of likely N-dealkylation sites (N-methyl/N-ethyl adjacent to an activating group) is 1. The van der Waals surface area contributed by atoms with E-state index < -0.39 is 0 Å². The molecular formula is C18H24N5O4+. The number of anilines is 3. The van der Waals surface area contributed by atoms with Gasteiger partial charge in [-0.1, -0.05) is 5.16 Å². The predicted octanol–water partition coefficient (Wildman–Crippen LogP) is 0.423. The molecule has 9 nitrogen and oxygen atoms in total. The average molecular weight is 374 g/mol. The van der Waals surface area contributed by atoms with E-state index in [2.05, 4.69) is 21.1 Å². The molecule has 0 aliphatic heterocycles. The normalized spacial score (nSPS) is 11.5. The highest BCUT2D eigenvalue weighted by Gasteiger charge is 2.17. The van der Waals surface area contributed by atoms with Crippen molar-refractivity contribution in [1.29, 1.82) is 0 Å². The van der Waals surface area contributed by atoms with Gasteiger partial charge in [0.25, 0.3) is 11.8 Å². The molecule has 27 heavy (non-hydrogen) atoms. The van der Waals surface area contributed by atoms with Crippen molar-refractivity contribution in [3.05, 3.63) is 36.1 Å². The van der Waals surface area contributed by atoms with Gasteiger partial charge in [-0.15, -0.1) is 0 Å². The Kier molecular flexibility index (Phi) is 7.07. The van der Waals surface area contributed by atoms with Gasteiger partial charge >= 0.3 is 0 Å². The van der Waals surface area contributed by atoms with Crippen molar-refractivity contribution in [2.24, 2.45) is 0 Å². The number of benzene rings is 1. The summed E-state index contributed by atoms with van der Waals surface area (Å²) in [4.78, 5) is 36.1. The van der Waals surface area contributed by atoms with Crippen LogP contribution in [-0.4, -0.2) is 42.5 Å². The fraction of sp³-hybridized carbons (Fsp3) is 0.333. The van der Waals surface area contributed by atoms with Gasteiger partial charge in [0.15, 0.2) is 18.9 Å². The molecule has 2 rings (SSSR count). The van der Waals surface area contributed by atoms with E-state index in [1.54, 1.807) is 37.3 Å². The molecule has 1 atom stereocenters. The summed E-state index contributed by atoms with van der Waals surface area (Å²) in [6.45, 7) is 5.96. The third-order valence-corrected chi connectivity index (χ3v) is 3.71. The first-order chi connectivity index (χ1) is 12.9. The minimum atomic E-state index is -0.243. The van der Waals surface area contributed by atoms with Gasteiger partial charge in [0, 0.05) is 24.4 Å². The van der Waals surface area contributed by atoms with Crippen molar-refractivity contribution in [1.82, 2.24) is 5.16 Å². The van der Waals surface area contributed by atoms with Gasteiger partial charge in [-0.3, -0.25) is 14.4 Å². The lowest BCUT2D eigenvalue weighted by molar-refractivity contribution is -0.881. The molecule has 3 amide bonds.